The summed E-state index contributed by atoms with van der Waals surface area (Å²) in [4.78, 5) is 4.68. The second-order valence-electron chi connectivity index (χ2n) is 6.49. The van der Waals surface area contributed by atoms with Crippen molar-refractivity contribution in [3.8, 4) is 0 Å². The molecule has 0 radical (unpaired) electrons. The number of aromatic nitrogens is 1. The number of hydrogen-bond donors (Lipinski definition) is 1. The predicted molar refractivity (Wildman–Crippen MR) is 83.8 cm³/mol. The molecule has 1 aromatic heterocycles. The quantitative estimate of drug-likeness (QED) is 0.795. The molecule has 1 heterocycles. The van der Waals surface area contributed by atoms with Gasteiger partial charge in [0.25, 0.3) is 0 Å². The maximum Gasteiger partial charge on any atom is 0.0954 e. The van der Waals surface area contributed by atoms with Gasteiger partial charge < -0.3 is 5.11 Å². The smallest absolute Gasteiger partial charge is 0.0954 e. The van der Waals surface area contributed by atoms with Gasteiger partial charge in [-0.3, -0.25) is 0 Å². The summed E-state index contributed by atoms with van der Waals surface area (Å²) >= 11 is 1.69. The van der Waals surface area contributed by atoms with Crippen LogP contribution in [0.15, 0.2) is 5.38 Å². The molecule has 1 rings (SSSR count). The van der Waals surface area contributed by atoms with Crippen LogP contribution in [0.1, 0.15) is 71.0 Å². The molecule has 0 saturated heterocycles. The Labute approximate surface area is 122 Å². The predicted octanol–water partition coefficient (Wildman–Crippen LogP) is 4.56. The zero-order chi connectivity index (χ0) is 14.5. The van der Waals surface area contributed by atoms with Crippen molar-refractivity contribution >= 4 is 11.3 Å². The van der Waals surface area contributed by atoms with E-state index >= 15 is 0 Å². The van der Waals surface area contributed by atoms with Crippen LogP contribution in [-0.2, 0) is 11.8 Å². The van der Waals surface area contributed by atoms with Crippen LogP contribution in [-0.4, -0.2) is 16.2 Å². The molecule has 0 aliphatic heterocycles. The Morgan fingerprint density at radius 2 is 1.79 bits per heavy atom. The van der Waals surface area contributed by atoms with E-state index in [4.69, 9.17) is 0 Å². The lowest BCUT2D eigenvalue weighted by molar-refractivity contribution is 0.0962. The van der Waals surface area contributed by atoms with E-state index in [0.29, 0.717) is 12.3 Å². The molecule has 3 heteroatoms. The molecule has 0 saturated carbocycles. The first-order chi connectivity index (χ1) is 8.88. The SMILES string of the molecule is CCCC(CCC)C(O)Cc1nc(C(C)(C)C)cs1. The average molecular weight is 283 g/mol. The van der Waals surface area contributed by atoms with Gasteiger partial charge in [0.2, 0.25) is 0 Å². The minimum atomic E-state index is -0.237. The molecule has 1 aromatic rings. The normalized spacial score (nSPS) is 14.1. The lowest BCUT2D eigenvalue weighted by Gasteiger charge is -2.21. The molecule has 1 unspecified atom stereocenters. The number of aliphatic hydroxyl groups is 1. The van der Waals surface area contributed by atoms with Crippen molar-refractivity contribution < 1.29 is 5.11 Å². The molecule has 0 spiro atoms. The number of thiazole rings is 1. The van der Waals surface area contributed by atoms with Gasteiger partial charge in [0.15, 0.2) is 0 Å². The van der Waals surface area contributed by atoms with Crippen molar-refractivity contribution in [2.75, 3.05) is 0 Å². The molecular weight excluding hydrogens is 254 g/mol. The van der Waals surface area contributed by atoms with E-state index in [1.54, 1.807) is 11.3 Å². The zero-order valence-corrected chi connectivity index (χ0v) is 13.9. The van der Waals surface area contributed by atoms with Gasteiger partial charge in [0.05, 0.1) is 16.8 Å². The lowest BCUT2D eigenvalue weighted by Crippen LogP contribution is -2.23. The summed E-state index contributed by atoms with van der Waals surface area (Å²) in [5.74, 6) is 0.428. The Hall–Kier alpha value is -0.410. The first kappa shape index (κ1) is 16.6. The fourth-order valence-electron chi connectivity index (χ4n) is 2.37. The van der Waals surface area contributed by atoms with Gasteiger partial charge in [-0.05, 0) is 18.8 Å². The molecular formula is C16H29NOS. The Kier molecular flexibility index (Phi) is 6.48. The van der Waals surface area contributed by atoms with Gasteiger partial charge in [-0.2, -0.15) is 0 Å². The highest BCUT2D eigenvalue weighted by atomic mass is 32.1. The summed E-state index contributed by atoms with van der Waals surface area (Å²) in [6.45, 7) is 10.9. The molecule has 0 bridgehead atoms. The number of rotatable bonds is 7. The molecule has 19 heavy (non-hydrogen) atoms. The summed E-state index contributed by atoms with van der Waals surface area (Å²) in [5.41, 5.74) is 1.24. The van der Waals surface area contributed by atoms with E-state index in [9.17, 15) is 5.11 Å². The number of hydrogen-bond acceptors (Lipinski definition) is 3. The minimum Gasteiger partial charge on any atom is -0.392 e. The van der Waals surface area contributed by atoms with E-state index in [1.165, 1.54) is 0 Å². The van der Waals surface area contributed by atoms with Crippen LogP contribution in [0.5, 0.6) is 0 Å². The third-order valence-electron chi connectivity index (χ3n) is 3.57. The van der Waals surface area contributed by atoms with E-state index < -0.39 is 0 Å². The highest BCUT2D eigenvalue weighted by molar-refractivity contribution is 7.09. The van der Waals surface area contributed by atoms with Crippen molar-refractivity contribution in [2.45, 2.75) is 78.2 Å². The van der Waals surface area contributed by atoms with Crippen molar-refractivity contribution in [1.29, 1.82) is 0 Å². The molecule has 0 amide bonds. The van der Waals surface area contributed by atoms with E-state index in [0.717, 1.165) is 36.4 Å². The molecule has 1 N–H and O–H groups in total. The van der Waals surface area contributed by atoms with Crippen LogP contribution < -0.4 is 0 Å². The van der Waals surface area contributed by atoms with Crippen LogP contribution in [0, 0.1) is 5.92 Å². The second kappa shape index (κ2) is 7.39. The summed E-state index contributed by atoms with van der Waals surface area (Å²) in [5, 5.41) is 13.6. The van der Waals surface area contributed by atoms with Gasteiger partial charge in [-0.15, -0.1) is 11.3 Å². The van der Waals surface area contributed by atoms with E-state index in [1.807, 2.05) is 0 Å². The van der Waals surface area contributed by atoms with Crippen LogP contribution in [0.3, 0.4) is 0 Å². The standard InChI is InChI=1S/C16H29NOS/c1-6-8-12(9-7-2)13(18)10-15-17-14(11-19-15)16(3,4)5/h11-13,18H,6-10H2,1-5H3. The zero-order valence-electron chi connectivity index (χ0n) is 13.1. The van der Waals surface area contributed by atoms with E-state index in [2.05, 4.69) is 45.0 Å². The second-order valence-corrected chi connectivity index (χ2v) is 7.43. The Morgan fingerprint density at radius 1 is 1.21 bits per heavy atom. The van der Waals surface area contributed by atoms with Crippen molar-refractivity contribution in [3.63, 3.8) is 0 Å². The van der Waals surface area contributed by atoms with Gasteiger partial charge in [-0.1, -0.05) is 47.5 Å². The van der Waals surface area contributed by atoms with Crippen molar-refractivity contribution in [2.24, 2.45) is 5.92 Å². The van der Waals surface area contributed by atoms with Crippen LogP contribution in [0.2, 0.25) is 0 Å². The topological polar surface area (TPSA) is 33.1 Å². The first-order valence-electron chi connectivity index (χ1n) is 7.51. The van der Waals surface area contributed by atoms with Crippen LogP contribution in [0.25, 0.3) is 0 Å². The summed E-state index contributed by atoms with van der Waals surface area (Å²) < 4.78 is 0. The monoisotopic (exact) mass is 283 g/mol. The third-order valence-corrected chi connectivity index (χ3v) is 4.44. The highest BCUT2D eigenvalue weighted by Crippen LogP contribution is 2.26. The van der Waals surface area contributed by atoms with Gasteiger partial charge in [0.1, 0.15) is 0 Å². The highest BCUT2D eigenvalue weighted by Gasteiger charge is 2.22. The Morgan fingerprint density at radius 3 is 2.21 bits per heavy atom. The third kappa shape index (κ3) is 5.23. The molecule has 110 valence electrons. The molecule has 0 aliphatic carbocycles. The summed E-state index contributed by atoms with van der Waals surface area (Å²) in [6.07, 6.45) is 5.00. The van der Waals surface area contributed by atoms with Gasteiger partial charge in [-0.25, -0.2) is 4.98 Å². The largest absolute Gasteiger partial charge is 0.392 e. The molecule has 0 aliphatic rings. The molecule has 0 aromatic carbocycles. The summed E-state index contributed by atoms with van der Waals surface area (Å²) in [6, 6.07) is 0. The van der Waals surface area contributed by atoms with Crippen molar-refractivity contribution in [1.82, 2.24) is 4.98 Å². The lowest BCUT2D eigenvalue weighted by atomic mass is 9.90. The fourth-order valence-corrected chi connectivity index (χ4v) is 3.44. The fraction of sp³-hybridized carbons (Fsp3) is 0.812. The molecule has 0 fully saturated rings. The van der Waals surface area contributed by atoms with Crippen LogP contribution >= 0.6 is 11.3 Å². The first-order valence-corrected chi connectivity index (χ1v) is 8.39. The molecule has 2 nitrogen and oxygen atoms in total. The van der Waals surface area contributed by atoms with Gasteiger partial charge >= 0.3 is 0 Å². The Bertz CT molecular complexity index is 361. The number of nitrogens with zero attached hydrogens (tertiary/aromatic N) is 1. The minimum absolute atomic E-state index is 0.103. The molecule has 1 atom stereocenters. The van der Waals surface area contributed by atoms with E-state index in [-0.39, 0.29) is 11.5 Å². The maximum atomic E-state index is 10.4. The number of aliphatic hydroxyl groups excluding tert-OH is 1. The van der Waals surface area contributed by atoms with Crippen molar-refractivity contribution in [3.05, 3.63) is 16.1 Å². The Balaban J connectivity index is 2.64. The average Bonchev–Trinajstić information content (AvgIpc) is 2.77. The van der Waals surface area contributed by atoms with Gasteiger partial charge in [0, 0.05) is 17.2 Å². The van der Waals surface area contributed by atoms with Crippen LogP contribution in [0.4, 0.5) is 0 Å². The summed E-state index contributed by atoms with van der Waals surface area (Å²) in [7, 11) is 0. The maximum absolute atomic E-state index is 10.4.